The largest absolute Gasteiger partial charge is 0.482 e. The highest BCUT2D eigenvalue weighted by molar-refractivity contribution is 5.92. The molecule has 0 amide bonds. The summed E-state index contributed by atoms with van der Waals surface area (Å²) in [5, 5.41) is 2.18. The number of hydrogen-bond donors (Lipinski definition) is 0. The van der Waals surface area contributed by atoms with E-state index in [-0.39, 0.29) is 106 Å². The Hall–Kier alpha value is -6.06. The normalized spacial score (nSPS) is 10.8. The van der Waals surface area contributed by atoms with Crippen LogP contribution >= 0.6 is 0 Å². The second kappa shape index (κ2) is 22.5. The molecule has 5 rings (SSSR count). The van der Waals surface area contributed by atoms with E-state index >= 15 is 0 Å². The lowest BCUT2D eigenvalue weighted by Gasteiger charge is -2.18. The van der Waals surface area contributed by atoms with Gasteiger partial charge in [-0.05, 0) is 52.2 Å². The minimum Gasteiger partial charge on any atom is -0.482 e. The third-order valence-corrected chi connectivity index (χ3v) is 8.02. The van der Waals surface area contributed by atoms with E-state index in [1.165, 1.54) is 52.7 Å². The van der Waals surface area contributed by atoms with Gasteiger partial charge in [0.05, 0.1) is 24.3 Å². The van der Waals surface area contributed by atoms with Crippen LogP contribution in [0.15, 0.2) is 97.1 Å². The van der Waals surface area contributed by atoms with Gasteiger partial charge in [-0.25, -0.2) is 9.59 Å². The van der Waals surface area contributed by atoms with Crippen LogP contribution < -0.4 is 28.4 Å². The van der Waals surface area contributed by atoms with Crippen molar-refractivity contribution in [1.29, 1.82) is 0 Å². The van der Waals surface area contributed by atoms with Gasteiger partial charge in [0.15, 0.2) is 50.2 Å². The summed E-state index contributed by atoms with van der Waals surface area (Å²) in [5.74, 6) is -0.0178. The van der Waals surface area contributed by atoms with Gasteiger partial charge in [0.1, 0.15) is 13.2 Å². The average molecular weight is 787 g/mol. The van der Waals surface area contributed by atoms with Gasteiger partial charge < -0.3 is 56.8 Å². The number of ether oxygens (including phenoxy) is 12. The summed E-state index contributed by atoms with van der Waals surface area (Å²) in [6.07, 6.45) is 0.197. The van der Waals surface area contributed by atoms with E-state index < -0.39 is 11.9 Å². The summed E-state index contributed by atoms with van der Waals surface area (Å²) in [5.41, 5.74) is 2.09. The summed E-state index contributed by atoms with van der Waals surface area (Å²) in [7, 11) is 5.89. The molecule has 0 aliphatic carbocycles. The lowest BCUT2D eigenvalue weighted by molar-refractivity contribution is 0.0357. The Morgan fingerprint density at radius 3 is 1.32 bits per heavy atom. The molecule has 0 aliphatic heterocycles. The van der Waals surface area contributed by atoms with E-state index in [1.54, 1.807) is 0 Å². The Kier molecular flexibility index (Phi) is 16.6. The van der Waals surface area contributed by atoms with Crippen LogP contribution in [0.1, 0.15) is 38.3 Å². The smallest absolute Gasteiger partial charge is 0.338 e. The molecule has 0 atom stereocenters. The molecule has 0 unspecified atom stereocenters. The molecular formula is C43H46O14. The van der Waals surface area contributed by atoms with Crippen LogP contribution in [0.3, 0.4) is 0 Å². The number of hydrogen-bond acceptors (Lipinski definition) is 14. The topological polar surface area (TPSA) is 145 Å². The van der Waals surface area contributed by atoms with Gasteiger partial charge in [-0.2, -0.15) is 0 Å². The van der Waals surface area contributed by atoms with Crippen molar-refractivity contribution >= 4 is 22.7 Å². The summed E-state index contributed by atoms with van der Waals surface area (Å²) >= 11 is 0. The van der Waals surface area contributed by atoms with E-state index in [2.05, 4.69) is 0 Å². The maximum atomic E-state index is 13.2. The fourth-order valence-electron chi connectivity index (χ4n) is 5.36. The summed E-state index contributed by atoms with van der Waals surface area (Å²) in [6.45, 7) is -0.198. The highest BCUT2D eigenvalue weighted by Crippen LogP contribution is 2.41. The number of benzene rings is 5. The lowest BCUT2D eigenvalue weighted by atomic mass is 10.1. The van der Waals surface area contributed by atoms with E-state index in [1.807, 2.05) is 72.8 Å². The highest BCUT2D eigenvalue weighted by Gasteiger charge is 2.22. The van der Waals surface area contributed by atoms with Gasteiger partial charge in [0, 0.05) is 34.9 Å². The van der Waals surface area contributed by atoms with Crippen LogP contribution in [-0.4, -0.2) is 80.8 Å². The molecule has 0 saturated carbocycles. The number of fused-ring (bicyclic) bond motifs is 1. The van der Waals surface area contributed by atoms with Crippen molar-refractivity contribution in [2.75, 3.05) is 68.8 Å². The summed E-state index contributed by atoms with van der Waals surface area (Å²) < 4.78 is 66.8. The van der Waals surface area contributed by atoms with Gasteiger partial charge in [-0.1, -0.05) is 66.7 Å². The van der Waals surface area contributed by atoms with Crippen LogP contribution in [0.25, 0.3) is 10.8 Å². The second-order valence-corrected chi connectivity index (χ2v) is 12.2. The van der Waals surface area contributed by atoms with E-state index in [0.29, 0.717) is 0 Å². The third-order valence-electron chi connectivity index (χ3n) is 8.02. The highest BCUT2D eigenvalue weighted by atomic mass is 16.7. The Bertz CT molecular complexity index is 1980. The summed E-state index contributed by atoms with van der Waals surface area (Å²) in [4.78, 5) is 26.4. The zero-order chi connectivity index (χ0) is 40.2. The number of methoxy groups -OCH3 is 4. The number of carbonyl (C=O) groups is 2. The number of carbonyl (C=O) groups excluding carboxylic acids is 2. The van der Waals surface area contributed by atoms with Crippen LogP contribution in [0.2, 0.25) is 0 Å². The van der Waals surface area contributed by atoms with Gasteiger partial charge in [-0.15, -0.1) is 0 Å². The molecule has 14 heteroatoms. The molecule has 302 valence electrons. The van der Waals surface area contributed by atoms with E-state index in [9.17, 15) is 9.59 Å². The summed E-state index contributed by atoms with van der Waals surface area (Å²) in [6, 6.07) is 29.5. The van der Waals surface area contributed by atoms with Crippen LogP contribution in [0, 0.1) is 0 Å². The van der Waals surface area contributed by atoms with Gasteiger partial charge in [-0.3, -0.25) is 0 Å². The molecule has 0 aromatic heterocycles. The van der Waals surface area contributed by atoms with Gasteiger partial charge in [0.2, 0.25) is 11.5 Å². The quantitative estimate of drug-likeness (QED) is 0.0350. The fourth-order valence-corrected chi connectivity index (χ4v) is 5.36. The Morgan fingerprint density at radius 1 is 0.439 bits per heavy atom. The molecule has 5 aromatic rings. The minimum atomic E-state index is -0.669. The predicted molar refractivity (Wildman–Crippen MR) is 207 cm³/mol. The molecule has 5 aromatic carbocycles. The van der Waals surface area contributed by atoms with Crippen molar-refractivity contribution in [1.82, 2.24) is 0 Å². The molecule has 0 radical (unpaired) electrons. The van der Waals surface area contributed by atoms with E-state index in [0.717, 1.165) is 21.9 Å². The van der Waals surface area contributed by atoms with Crippen molar-refractivity contribution in [3.8, 4) is 34.5 Å². The first-order valence-electron chi connectivity index (χ1n) is 17.9. The van der Waals surface area contributed by atoms with Crippen LogP contribution in [0.4, 0.5) is 0 Å². The Balaban J connectivity index is 1.22. The maximum absolute atomic E-state index is 13.2. The Morgan fingerprint density at radius 2 is 0.860 bits per heavy atom. The van der Waals surface area contributed by atoms with Gasteiger partial charge >= 0.3 is 11.9 Å². The SMILES string of the molecule is COCOc1cc(C(=O)OCCCOC(=O)c2cc(OCOC)c(OCc3ccc4ccccc4c3)c(OCOC)c2)cc(OCOC)c1OCc1ccccc1. The van der Waals surface area contributed by atoms with Crippen molar-refractivity contribution < 1.29 is 66.4 Å². The lowest BCUT2D eigenvalue weighted by Crippen LogP contribution is -2.13. The molecule has 57 heavy (non-hydrogen) atoms. The molecule has 0 N–H and O–H groups in total. The minimum absolute atomic E-state index is 0.0627. The number of rotatable bonds is 24. The first-order chi connectivity index (χ1) is 27.9. The fraction of sp³-hybridized carbons (Fsp3) is 0.302. The molecule has 14 nitrogen and oxygen atoms in total. The van der Waals surface area contributed by atoms with Crippen molar-refractivity contribution in [2.45, 2.75) is 19.6 Å². The molecule has 0 bridgehead atoms. The first-order valence-corrected chi connectivity index (χ1v) is 17.9. The third kappa shape index (κ3) is 12.5. The second-order valence-electron chi connectivity index (χ2n) is 12.2. The van der Waals surface area contributed by atoms with Crippen molar-refractivity contribution in [3.05, 3.63) is 119 Å². The molecule has 0 heterocycles. The molecule has 0 aliphatic rings. The van der Waals surface area contributed by atoms with Gasteiger partial charge in [0.25, 0.3) is 0 Å². The predicted octanol–water partition coefficient (Wildman–Crippen LogP) is 7.33. The average Bonchev–Trinajstić information content (AvgIpc) is 3.24. The first kappa shape index (κ1) is 42.1. The maximum Gasteiger partial charge on any atom is 0.338 e. The van der Waals surface area contributed by atoms with Crippen LogP contribution in [0.5, 0.6) is 34.5 Å². The number of esters is 2. The van der Waals surface area contributed by atoms with Crippen molar-refractivity contribution in [3.63, 3.8) is 0 Å². The zero-order valence-electron chi connectivity index (χ0n) is 32.3. The van der Waals surface area contributed by atoms with Crippen molar-refractivity contribution in [2.24, 2.45) is 0 Å². The molecule has 0 fully saturated rings. The van der Waals surface area contributed by atoms with E-state index in [4.69, 9.17) is 56.8 Å². The Labute approximate surface area is 330 Å². The monoisotopic (exact) mass is 786 g/mol. The molecular weight excluding hydrogens is 740 g/mol. The van der Waals surface area contributed by atoms with Crippen LogP contribution in [-0.2, 0) is 41.6 Å². The zero-order valence-corrected chi connectivity index (χ0v) is 32.3. The molecule has 0 saturated heterocycles. The molecule has 0 spiro atoms. The standard InChI is InChI=1S/C43H46O14/c1-46-26-54-36-20-34(21-37(55-27-47-2)40(36)52-24-30-11-6-5-7-12-30)42(44)50-17-10-18-51-43(45)35-22-38(56-28-48-3)41(39(23-35)57-29-49-4)53-25-31-15-16-32-13-8-9-14-33(32)19-31/h5-9,11-16,19-23H,10,17-18,24-29H2,1-4H3.